The van der Waals surface area contributed by atoms with Crippen LogP contribution in [0, 0.1) is 21.7 Å². The Morgan fingerprint density at radius 1 is 0.448 bits per heavy atom. The molecule has 0 unspecified atom stereocenters. The molecule has 0 amide bonds. The van der Waals surface area contributed by atoms with Crippen LogP contribution >= 0.6 is 12.4 Å². The number of hydrogen-bond acceptors (Lipinski definition) is 5. The zero-order valence-electron chi connectivity index (χ0n) is 20.6. The van der Waals surface area contributed by atoms with Gasteiger partial charge in [0.15, 0.2) is 0 Å². The average molecular weight is 584 g/mol. The van der Waals surface area contributed by atoms with Gasteiger partial charge in [0.25, 0.3) is 0 Å². The van der Waals surface area contributed by atoms with E-state index in [4.69, 9.17) is 22.4 Å². The molecule has 0 spiro atoms. The first-order chi connectivity index (χ1) is 12.5. The molecule has 0 saturated heterocycles. The fraction of sp³-hybridized carbons (Fsp3) is 1.00. The average Bonchev–Trinajstić information content (AvgIpc) is 2.45. The van der Waals surface area contributed by atoms with Crippen molar-refractivity contribution in [3.8, 4) is 0 Å². The van der Waals surface area contributed by atoms with Gasteiger partial charge in [0.1, 0.15) is 0 Å². The van der Waals surface area contributed by atoms with Crippen LogP contribution in [0.25, 0.3) is 0 Å². The normalized spacial score (nSPS) is 15.0. The van der Waals surface area contributed by atoms with Crippen molar-refractivity contribution in [3.63, 3.8) is 0 Å². The van der Waals surface area contributed by atoms with Crippen LogP contribution < -0.4 is 0 Å². The zero-order valence-corrected chi connectivity index (χ0v) is 25.8. The monoisotopic (exact) mass is 586 g/mol. The Balaban J connectivity index is 5.67. The summed E-state index contributed by atoms with van der Waals surface area (Å²) < 4.78 is 31.3. The van der Waals surface area contributed by atoms with Crippen molar-refractivity contribution >= 4 is 42.6 Å². The Kier molecular flexibility index (Phi) is 11.9. The van der Waals surface area contributed by atoms with Gasteiger partial charge in [0.05, 0.1) is 0 Å². The van der Waals surface area contributed by atoms with Gasteiger partial charge >= 0.3 is 196 Å². The summed E-state index contributed by atoms with van der Waals surface area (Å²) in [6.07, 6.45) is -5.61. The van der Waals surface area contributed by atoms with Crippen molar-refractivity contribution in [1.82, 2.24) is 0 Å². The summed E-state index contributed by atoms with van der Waals surface area (Å²) in [5, 5.41) is 0. The topological polar surface area (TPSA) is 46.2 Å². The van der Waals surface area contributed by atoms with Crippen molar-refractivity contribution in [2.75, 3.05) is 26.4 Å². The van der Waals surface area contributed by atoms with E-state index in [1.807, 2.05) is 0 Å². The number of hydrogen-bond donors (Lipinski definition) is 0. The summed E-state index contributed by atoms with van der Waals surface area (Å²) in [7, 11) is 0. The third-order valence-corrected chi connectivity index (χ3v) is 11.4. The molecule has 0 saturated carbocycles. The second-order valence-electron chi connectivity index (χ2n) is 12.3. The summed E-state index contributed by atoms with van der Waals surface area (Å²) in [4.78, 5) is 0. The molecule has 0 atom stereocenters. The van der Waals surface area contributed by atoms with E-state index in [0.29, 0.717) is 26.4 Å². The molecule has 0 fully saturated rings. The molecule has 176 valence electrons. The van der Waals surface area contributed by atoms with Gasteiger partial charge in [-0.3, -0.25) is 0 Å². The van der Waals surface area contributed by atoms with Crippen molar-refractivity contribution in [2.45, 2.75) is 83.1 Å². The van der Waals surface area contributed by atoms with E-state index in [1.54, 1.807) is 0 Å². The Hall–Kier alpha value is 1.70. The summed E-state index contributed by atoms with van der Waals surface area (Å²) in [5.41, 5.74) is -0.109. The summed E-state index contributed by atoms with van der Waals surface area (Å²) in [6, 6.07) is 0. The van der Waals surface area contributed by atoms with E-state index in [0.717, 1.165) is 0 Å². The van der Waals surface area contributed by atoms with Gasteiger partial charge in [-0.1, -0.05) is 0 Å². The molecule has 0 aromatic carbocycles. The van der Waals surface area contributed by atoms with Crippen molar-refractivity contribution in [2.24, 2.45) is 21.7 Å². The van der Waals surface area contributed by atoms with Crippen LogP contribution in [0.3, 0.4) is 0 Å². The predicted molar refractivity (Wildman–Crippen MR) is 128 cm³/mol. The second kappa shape index (κ2) is 11.2. The van der Waals surface area contributed by atoms with Gasteiger partial charge in [-0.2, -0.15) is 0 Å². The van der Waals surface area contributed by atoms with E-state index in [-0.39, 0.29) is 21.7 Å². The Labute approximate surface area is 195 Å². The molecule has 29 heavy (non-hydrogen) atoms. The minimum atomic E-state index is -2.80. The summed E-state index contributed by atoms with van der Waals surface area (Å²) in [6.45, 7) is 27.4. The van der Waals surface area contributed by atoms with E-state index in [1.165, 1.54) is 0 Å². The Morgan fingerprint density at radius 3 is 0.759 bits per heavy atom. The van der Waals surface area contributed by atoms with Crippen molar-refractivity contribution in [1.29, 1.82) is 0 Å². The van der Waals surface area contributed by atoms with Crippen LogP contribution in [0.5, 0.6) is 0 Å². The summed E-state index contributed by atoms with van der Waals surface area (Å²) in [5.74, 6) is 0. The molecule has 0 aliphatic rings. The van der Waals surface area contributed by atoms with E-state index < -0.39 is 12.4 Å². The maximum absolute atomic E-state index is 6.43. The van der Waals surface area contributed by atoms with Gasteiger partial charge in [-0.15, -0.1) is 0 Å². The number of rotatable bonds is 10. The fourth-order valence-electron chi connectivity index (χ4n) is 1.38. The van der Waals surface area contributed by atoms with E-state index >= 15 is 0 Å². The molecular weight excluding hydrogens is 540 g/mol. The van der Waals surface area contributed by atoms with Gasteiger partial charge in [-0.05, 0) is 0 Å². The van der Waals surface area contributed by atoms with Crippen LogP contribution in [0.4, 0.5) is 0 Å². The maximum atomic E-state index is 6.43. The first-order valence-electron chi connectivity index (χ1n) is 10.0. The van der Waals surface area contributed by atoms with Crippen LogP contribution in [0.15, 0.2) is 0 Å². The quantitative estimate of drug-likeness (QED) is 0.206. The van der Waals surface area contributed by atoms with Gasteiger partial charge in [-0.25, -0.2) is 0 Å². The first-order valence-corrected chi connectivity index (χ1v) is 17.5. The Morgan fingerprint density at radius 2 is 0.621 bits per heavy atom. The molecule has 0 aliphatic carbocycles. The molecule has 5 nitrogen and oxygen atoms in total. The molecule has 0 rings (SSSR count). The van der Waals surface area contributed by atoms with E-state index in [2.05, 4.69) is 113 Å². The third kappa shape index (κ3) is 17.9. The standard InChI is InChI=1S/C20H44O5P2Se2/c1-17(2,3)13-21-26(28,22-14-18(4,5)6)25-27(29,23-15-19(7,8)9)24-16-20(10,11)12/h13-16H2,1-12H3. The van der Waals surface area contributed by atoms with Gasteiger partial charge < -0.3 is 0 Å². The molecule has 0 radical (unpaired) electrons. The molecular formula is C20H44O5P2Se2. The SMILES string of the molecule is CC(C)(C)COP(=[Se])(OCC(C)(C)C)OP(=[Se])(OCC(C)(C)C)OCC(C)(C)C. The third-order valence-electron chi connectivity index (χ3n) is 2.82. The van der Waals surface area contributed by atoms with Crippen LogP contribution in [-0.4, -0.2) is 56.6 Å². The van der Waals surface area contributed by atoms with Crippen LogP contribution in [0.1, 0.15) is 83.1 Å². The molecule has 0 aromatic rings. The first kappa shape index (κ1) is 30.7. The van der Waals surface area contributed by atoms with E-state index in [9.17, 15) is 0 Å². The molecule has 9 heteroatoms. The molecule has 0 N–H and O–H groups in total. The molecule has 0 aromatic heterocycles. The molecule has 0 heterocycles. The van der Waals surface area contributed by atoms with Crippen molar-refractivity contribution < 1.29 is 22.4 Å². The fourth-order valence-corrected chi connectivity index (χ4v) is 12.0. The molecule has 0 bridgehead atoms. The van der Waals surface area contributed by atoms with Gasteiger partial charge in [0, 0.05) is 0 Å². The summed E-state index contributed by atoms with van der Waals surface area (Å²) >= 11 is 6.16. The molecule has 0 aliphatic heterocycles. The second-order valence-corrected chi connectivity index (χ2v) is 21.4. The van der Waals surface area contributed by atoms with Gasteiger partial charge in [0.2, 0.25) is 0 Å². The zero-order chi connectivity index (χ0) is 23.4. The van der Waals surface area contributed by atoms with Crippen LogP contribution in [-0.2, 0) is 22.4 Å². The minimum absolute atomic E-state index is 0.0271. The van der Waals surface area contributed by atoms with Crippen LogP contribution in [0.2, 0.25) is 0 Å². The van der Waals surface area contributed by atoms with Crippen molar-refractivity contribution in [3.05, 3.63) is 0 Å². The predicted octanol–water partition coefficient (Wildman–Crippen LogP) is 6.95. The Bertz CT molecular complexity index is 500.